The number of nitrogens with one attached hydrogen (secondary N) is 1. The van der Waals surface area contributed by atoms with Gasteiger partial charge in [0, 0.05) is 31.0 Å². The number of primary sulfonamides is 1. The van der Waals surface area contributed by atoms with Gasteiger partial charge in [-0.1, -0.05) is 11.6 Å². The maximum atomic E-state index is 13.0. The molecule has 3 heterocycles. The van der Waals surface area contributed by atoms with Crippen molar-refractivity contribution < 1.29 is 26.7 Å². The molecule has 168 valence electrons. The molecule has 3 rings (SSSR count). The van der Waals surface area contributed by atoms with Crippen molar-refractivity contribution in [2.45, 2.75) is 30.9 Å². The summed E-state index contributed by atoms with van der Waals surface area (Å²) in [4.78, 5) is 22.7. The molecule has 1 amide bonds. The summed E-state index contributed by atoms with van der Waals surface area (Å²) in [6, 6.07) is 3.93. The van der Waals surface area contributed by atoms with E-state index in [4.69, 9.17) is 21.5 Å². The van der Waals surface area contributed by atoms with E-state index in [-0.39, 0.29) is 48.2 Å². The molecular weight excluding hydrogens is 456 g/mol. The number of halogens is 3. The molecule has 1 aliphatic heterocycles. The van der Waals surface area contributed by atoms with Crippen LogP contribution in [0.25, 0.3) is 0 Å². The highest BCUT2D eigenvalue weighted by molar-refractivity contribution is 7.89. The first kappa shape index (κ1) is 23.3. The van der Waals surface area contributed by atoms with Gasteiger partial charge in [-0.15, -0.1) is 0 Å². The molecule has 0 spiro atoms. The Bertz CT molecular complexity index is 1090. The molecule has 0 aromatic carbocycles. The minimum absolute atomic E-state index is 0.0431. The molecule has 0 aliphatic carbocycles. The van der Waals surface area contributed by atoms with Crippen LogP contribution in [0.15, 0.2) is 29.4 Å². The highest BCUT2D eigenvalue weighted by Gasteiger charge is 2.28. The number of carbonyl (C=O) groups excluding carboxylic acids is 1. The maximum Gasteiger partial charge on any atom is 0.264 e. The summed E-state index contributed by atoms with van der Waals surface area (Å²) in [6.07, 6.45) is -2.55. The Morgan fingerprint density at radius 2 is 2.13 bits per heavy atom. The minimum Gasteiger partial charge on any atom is -0.370 e. The number of ether oxygens (including phenoxy) is 1. The van der Waals surface area contributed by atoms with Gasteiger partial charge < -0.3 is 15.0 Å². The molecule has 1 aliphatic rings. The van der Waals surface area contributed by atoms with Gasteiger partial charge >= 0.3 is 0 Å². The average Bonchev–Trinajstić information content (AvgIpc) is 2.95. The second-order valence-corrected chi connectivity index (χ2v) is 8.74. The van der Waals surface area contributed by atoms with Crippen molar-refractivity contribution >= 4 is 39.0 Å². The van der Waals surface area contributed by atoms with Crippen LogP contribution in [-0.2, 0) is 14.8 Å². The number of carbonyl (C=O) groups is 1. The largest absolute Gasteiger partial charge is 0.370 e. The summed E-state index contributed by atoms with van der Waals surface area (Å²) < 4.78 is 54.2. The van der Waals surface area contributed by atoms with E-state index in [1.807, 2.05) is 0 Å². The number of alkyl halides is 2. The lowest BCUT2D eigenvalue weighted by molar-refractivity contribution is -0.0493. The van der Waals surface area contributed by atoms with E-state index in [1.54, 1.807) is 11.8 Å². The van der Waals surface area contributed by atoms with E-state index in [1.165, 1.54) is 18.3 Å². The van der Waals surface area contributed by atoms with Gasteiger partial charge in [0.05, 0.1) is 22.9 Å². The molecule has 13 heteroatoms. The first-order valence-corrected chi connectivity index (χ1v) is 11.1. The van der Waals surface area contributed by atoms with Gasteiger partial charge in [0.1, 0.15) is 11.9 Å². The van der Waals surface area contributed by atoms with Gasteiger partial charge in [-0.3, -0.25) is 4.79 Å². The second kappa shape index (κ2) is 9.39. The minimum atomic E-state index is -4.06. The van der Waals surface area contributed by atoms with Gasteiger partial charge in [-0.25, -0.2) is 32.3 Å². The van der Waals surface area contributed by atoms with E-state index in [2.05, 4.69) is 15.3 Å². The smallest absolute Gasteiger partial charge is 0.264 e. The number of amides is 1. The van der Waals surface area contributed by atoms with Gasteiger partial charge in [0.2, 0.25) is 0 Å². The molecule has 2 aromatic heterocycles. The summed E-state index contributed by atoms with van der Waals surface area (Å²) in [5.41, 5.74) is 0.702. The zero-order valence-electron chi connectivity index (χ0n) is 16.4. The molecule has 1 atom stereocenters. The zero-order chi connectivity index (χ0) is 22.8. The number of anilines is 2. The lowest BCUT2D eigenvalue weighted by Crippen LogP contribution is -2.30. The van der Waals surface area contributed by atoms with Crippen LogP contribution in [0.1, 0.15) is 22.5 Å². The summed E-state index contributed by atoms with van der Waals surface area (Å²) in [7, 11) is -4.06. The second-order valence-electron chi connectivity index (χ2n) is 6.83. The quantitative estimate of drug-likeness (QED) is 0.678. The summed E-state index contributed by atoms with van der Waals surface area (Å²) in [5, 5.41) is 7.47. The van der Waals surface area contributed by atoms with Crippen LogP contribution >= 0.6 is 11.6 Å². The SMILES string of the molecule is Cc1nc(N2CCOC(C(F)F)CC2)c(C(=O)Nc2ccnc(S(N)(=O)=O)c2)cc1Cl. The summed E-state index contributed by atoms with van der Waals surface area (Å²) in [6.45, 7) is 2.16. The number of nitrogens with zero attached hydrogens (tertiary/aromatic N) is 3. The van der Waals surface area contributed by atoms with Crippen molar-refractivity contribution in [3.63, 3.8) is 0 Å². The van der Waals surface area contributed by atoms with Crippen molar-refractivity contribution in [1.29, 1.82) is 0 Å². The fraction of sp³-hybridized carbons (Fsp3) is 0.389. The number of hydrogen-bond acceptors (Lipinski definition) is 7. The molecule has 3 N–H and O–H groups in total. The molecule has 2 aromatic rings. The topological polar surface area (TPSA) is 128 Å². The van der Waals surface area contributed by atoms with E-state index in [0.29, 0.717) is 5.69 Å². The Labute approximate surface area is 182 Å². The Balaban J connectivity index is 1.91. The lowest BCUT2D eigenvalue weighted by atomic mass is 10.1. The number of sulfonamides is 1. The molecule has 0 saturated carbocycles. The monoisotopic (exact) mass is 475 g/mol. The Morgan fingerprint density at radius 1 is 1.39 bits per heavy atom. The third-order valence-electron chi connectivity index (χ3n) is 4.62. The van der Waals surface area contributed by atoms with Crippen LogP contribution in [0.2, 0.25) is 5.02 Å². The summed E-state index contributed by atoms with van der Waals surface area (Å²) >= 11 is 6.16. The zero-order valence-corrected chi connectivity index (χ0v) is 18.0. The van der Waals surface area contributed by atoms with Gasteiger partial charge in [0.15, 0.2) is 5.03 Å². The third-order valence-corrected chi connectivity index (χ3v) is 5.81. The van der Waals surface area contributed by atoms with Crippen molar-refractivity contribution in [2.75, 3.05) is 29.9 Å². The standard InChI is InChI=1S/C18H20ClF2N5O4S/c1-10-13(19)9-12(17(24-10)26-5-3-14(16(20)21)30-7-6-26)18(27)25-11-2-4-23-15(8-11)31(22,28)29/h2,4,8-9,14,16H,3,5-7H2,1H3,(H2,22,28,29)(H,23,25,27). The first-order chi connectivity index (χ1) is 14.6. The number of aryl methyl sites for hydroxylation is 1. The van der Waals surface area contributed by atoms with E-state index in [9.17, 15) is 22.0 Å². The Morgan fingerprint density at radius 3 is 2.81 bits per heavy atom. The van der Waals surface area contributed by atoms with E-state index < -0.39 is 33.5 Å². The van der Waals surface area contributed by atoms with Gasteiger partial charge in [-0.05, 0) is 25.5 Å². The number of pyridine rings is 2. The summed E-state index contributed by atoms with van der Waals surface area (Å²) in [5.74, 6) is -0.356. The maximum absolute atomic E-state index is 13.0. The molecule has 1 unspecified atom stereocenters. The predicted molar refractivity (Wildman–Crippen MR) is 110 cm³/mol. The predicted octanol–water partition coefficient (Wildman–Crippen LogP) is 2.20. The van der Waals surface area contributed by atoms with Crippen molar-refractivity contribution in [1.82, 2.24) is 9.97 Å². The normalized spacial score (nSPS) is 17.5. The van der Waals surface area contributed by atoms with Crippen LogP contribution in [0.4, 0.5) is 20.3 Å². The Hall–Kier alpha value is -2.41. The third kappa shape index (κ3) is 5.64. The van der Waals surface area contributed by atoms with Crippen molar-refractivity contribution in [3.05, 3.63) is 40.7 Å². The van der Waals surface area contributed by atoms with E-state index in [0.717, 1.165) is 6.07 Å². The van der Waals surface area contributed by atoms with Crippen LogP contribution in [-0.4, -0.2) is 56.5 Å². The van der Waals surface area contributed by atoms with E-state index >= 15 is 0 Å². The lowest BCUT2D eigenvalue weighted by Gasteiger charge is -2.24. The fourth-order valence-electron chi connectivity index (χ4n) is 3.02. The first-order valence-electron chi connectivity index (χ1n) is 9.18. The fourth-order valence-corrected chi connectivity index (χ4v) is 3.67. The molecule has 1 saturated heterocycles. The molecule has 1 fully saturated rings. The highest BCUT2D eigenvalue weighted by atomic mass is 35.5. The molecule has 9 nitrogen and oxygen atoms in total. The van der Waals surface area contributed by atoms with Gasteiger partial charge in [-0.2, -0.15) is 0 Å². The molecular formula is C18H20ClF2N5O4S. The van der Waals surface area contributed by atoms with Crippen LogP contribution in [0.5, 0.6) is 0 Å². The van der Waals surface area contributed by atoms with Crippen molar-refractivity contribution in [3.8, 4) is 0 Å². The number of rotatable bonds is 5. The van der Waals surface area contributed by atoms with Crippen molar-refractivity contribution in [2.24, 2.45) is 5.14 Å². The molecule has 0 bridgehead atoms. The molecule has 0 radical (unpaired) electrons. The van der Waals surface area contributed by atoms with Crippen LogP contribution in [0.3, 0.4) is 0 Å². The van der Waals surface area contributed by atoms with Gasteiger partial charge in [0.25, 0.3) is 22.4 Å². The number of hydrogen-bond donors (Lipinski definition) is 2. The van der Waals surface area contributed by atoms with Crippen LogP contribution in [0, 0.1) is 6.92 Å². The number of aromatic nitrogens is 2. The average molecular weight is 476 g/mol. The molecule has 31 heavy (non-hydrogen) atoms. The highest BCUT2D eigenvalue weighted by Crippen LogP contribution is 2.27. The number of nitrogens with two attached hydrogens (primary N) is 1. The van der Waals surface area contributed by atoms with Crippen LogP contribution < -0.4 is 15.4 Å². The Kier molecular flexibility index (Phi) is 7.04.